The van der Waals surface area contributed by atoms with Gasteiger partial charge >= 0.3 is 0 Å². The Kier molecular flexibility index (Phi) is 4.37. The van der Waals surface area contributed by atoms with Gasteiger partial charge in [0.25, 0.3) is 0 Å². The monoisotopic (exact) mass is 217 g/mol. The predicted molar refractivity (Wildman–Crippen MR) is 68.1 cm³/mol. The zero-order valence-corrected chi connectivity index (χ0v) is 9.94. The summed E-state index contributed by atoms with van der Waals surface area (Å²) in [7, 11) is 3.97. The second-order valence-corrected chi connectivity index (χ2v) is 4.55. The molecule has 16 heavy (non-hydrogen) atoms. The van der Waals surface area contributed by atoms with E-state index in [0.717, 1.165) is 13.1 Å². The lowest BCUT2D eigenvalue weighted by atomic mass is 10.1. The van der Waals surface area contributed by atoms with Crippen molar-refractivity contribution in [1.29, 1.82) is 0 Å². The van der Waals surface area contributed by atoms with Gasteiger partial charge in [-0.3, -0.25) is 7.05 Å². The molecular weight excluding hydrogens is 196 g/mol. The molecule has 0 N–H and O–H groups in total. The largest absolute Gasteiger partial charge is 0.457 e. The van der Waals surface area contributed by atoms with E-state index in [9.17, 15) is 0 Å². The average Bonchev–Trinajstić information content (AvgIpc) is 2.33. The predicted octanol–water partition coefficient (Wildman–Crippen LogP) is 2.03. The topological polar surface area (TPSA) is 6.48 Å². The fraction of sp³-hybridized carbons (Fsp3) is 0.500. The van der Waals surface area contributed by atoms with Gasteiger partial charge in [-0.2, -0.15) is 0 Å². The molecule has 2 heteroatoms. The summed E-state index contributed by atoms with van der Waals surface area (Å²) in [6, 6.07) is 10.8. The summed E-state index contributed by atoms with van der Waals surface area (Å²) in [5, 5.41) is 0. The van der Waals surface area contributed by atoms with Gasteiger partial charge in [-0.1, -0.05) is 30.3 Å². The minimum absolute atomic E-state index is 1.12. The SMILES string of the molecule is [CH2-]N1CCN(CCCc2ccccc2)CC1. The van der Waals surface area contributed by atoms with Crippen LogP contribution < -0.4 is 0 Å². The number of nitrogens with zero attached hydrogens (tertiary/aromatic N) is 2. The Morgan fingerprint density at radius 1 is 1.00 bits per heavy atom. The molecule has 0 amide bonds. The van der Waals surface area contributed by atoms with Gasteiger partial charge in [0.05, 0.1) is 0 Å². The van der Waals surface area contributed by atoms with E-state index < -0.39 is 0 Å². The molecule has 0 saturated carbocycles. The highest BCUT2D eigenvalue weighted by atomic mass is 15.2. The second-order valence-electron chi connectivity index (χ2n) is 4.55. The molecule has 0 aromatic heterocycles. The zero-order chi connectivity index (χ0) is 11.2. The molecule has 0 unspecified atom stereocenters. The zero-order valence-electron chi connectivity index (χ0n) is 9.94. The van der Waals surface area contributed by atoms with Crippen LogP contribution in [0.15, 0.2) is 30.3 Å². The Labute approximate surface area is 98.9 Å². The maximum atomic E-state index is 3.97. The van der Waals surface area contributed by atoms with Gasteiger partial charge in [-0.15, -0.1) is 0 Å². The molecule has 1 aromatic carbocycles. The molecule has 2 nitrogen and oxygen atoms in total. The van der Waals surface area contributed by atoms with E-state index in [1.165, 1.54) is 38.0 Å². The van der Waals surface area contributed by atoms with Crippen LogP contribution in [-0.2, 0) is 6.42 Å². The molecule has 0 radical (unpaired) electrons. The van der Waals surface area contributed by atoms with Crippen LogP contribution in [0.3, 0.4) is 0 Å². The number of benzene rings is 1. The summed E-state index contributed by atoms with van der Waals surface area (Å²) < 4.78 is 0. The first-order valence-electron chi connectivity index (χ1n) is 6.16. The summed E-state index contributed by atoms with van der Waals surface area (Å²) in [5.74, 6) is 0. The van der Waals surface area contributed by atoms with E-state index in [1.807, 2.05) is 0 Å². The van der Waals surface area contributed by atoms with E-state index in [1.54, 1.807) is 0 Å². The quantitative estimate of drug-likeness (QED) is 0.712. The minimum atomic E-state index is 1.12. The maximum Gasteiger partial charge on any atom is 0.00857 e. The Balaban J connectivity index is 1.65. The van der Waals surface area contributed by atoms with Crippen molar-refractivity contribution >= 4 is 0 Å². The molecular formula is C14H21N2-. The molecule has 1 aromatic rings. The molecule has 1 fully saturated rings. The molecule has 0 bridgehead atoms. The summed E-state index contributed by atoms with van der Waals surface area (Å²) in [6.07, 6.45) is 2.46. The molecule has 1 saturated heterocycles. The van der Waals surface area contributed by atoms with E-state index in [0.29, 0.717) is 0 Å². The molecule has 2 rings (SSSR count). The molecule has 1 heterocycles. The number of piperazine rings is 1. The van der Waals surface area contributed by atoms with Crippen LogP contribution in [0.1, 0.15) is 12.0 Å². The molecule has 0 atom stereocenters. The number of hydrogen-bond acceptors (Lipinski definition) is 2. The Bertz CT molecular complexity index is 289. The van der Waals surface area contributed by atoms with Crippen molar-refractivity contribution in [2.24, 2.45) is 0 Å². The first-order valence-corrected chi connectivity index (χ1v) is 6.16. The summed E-state index contributed by atoms with van der Waals surface area (Å²) >= 11 is 0. The van der Waals surface area contributed by atoms with Crippen LogP contribution >= 0.6 is 0 Å². The van der Waals surface area contributed by atoms with Crippen LogP contribution in [0.5, 0.6) is 0 Å². The van der Waals surface area contributed by atoms with Crippen molar-refractivity contribution in [2.75, 3.05) is 32.7 Å². The number of aryl methyl sites for hydroxylation is 1. The van der Waals surface area contributed by atoms with Crippen molar-refractivity contribution in [3.63, 3.8) is 0 Å². The van der Waals surface area contributed by atoms with Crippen LogP contribution in [0.2, 0.25) is 0 Å². The highest BCUT2D eigenvalue weighted by Gasteiger charge is 2.09. The van der Waals surface area contributed by atoms with Gasteiger partial charge in [0.2, 0.25) is 0 Å². The highest BCUT2D eigenvalue weighted by Crippen LogP contribution is 2.05. The normalized spacial score (nSPS) is 18.8. The molecule has 0 aliphatic carbocycles. The van der Waals surface area contributed by atoms with E-state index in [4.69, 9.17) is 0 Å². The number of rotatable bonds is 4. The fourth-order valence-electron chi connectivity index (χ4n) is 2.16. The maximum absolute atomic E-state index is 3.97. The second kappa shape index (κ2) is 6.02. The summed E-state index contributed by atoms with van der Waals surface area (Å²) in [6.45, 7) is 5.82. The smallest absolute Gasteiger partial charge is 0.00857 e. The lowest BCUT2D eigenvalue weighted by molar-refractivity contribution is 0.165. The van der Waals surface area contributed by atoms with Gasteiger partial charge in [0, 0.05) is 13.1 Å². The van der Waals surface area contributed by atoms with Gasteiger partial charge < -0.3 is 9.80 Å². The van der Waals surface area contributed by atoms with E-state index in [2.05, 4.69) is 47.2 Å². The fourth-order valence-corrected chi connectivity index (χ4v) is 2.16. The molecule has 1 aliphatic heterocycles. The Hall–Kier alpha value is -0.860. The van der Waals surface area contributed by atoms with E-state index in [-0.39, 0.29) is 0 Å². The number of hydrogen-bond donors (Lipinski definition) is 0. The molecule has 0 spiro atoms. The lowest BCUT2D eigenvalue weighted by Crippen LogP contribution is -2.43. The first-order chi connectivity index (χ1) is 7.84. The van der Waals surface area contributed by atoms with Crippen molar-refractivity contribution < 1.29 is 0 Å². The van der Waals surface area contributed by atoms with Crippen molar-refractivity contribution in [2.45, 2.75) is 12.8 Å². The van der Waals surface area contributed by atoms with Crippen LogP contribution in [-0.4, -0.2) is 42.5 Å². The van der Waals surface area contributed by atoms with Crippen molar-refractivity contribution in [3.05, 3.63) is 42.9 Å². The van der Waals surface area contributed by atoms with Crippen LogP contribution in [0, 0.1) is 7.05 Å². The average molecular weight is 217 g/mol. The summed E-state index contributed by atoms with van der Waals surface area (Å²) in [4.78, 5) is 4.71. The van der Waals surface area contributed by atoms with Crippen LogP contribution in [0.4, 0.5) is 0 Å². The summed E-state index contributed by atoms with van der Waals surface area (Å²) in [5.41, 5.74) is 1.46. The molecule has 88 valence electrons. The van der Waals surface area contributed by atoms with Crippen molar-refractivity contribution in [1.82, 2.24) is 9.80 Å². The lowest BCUT2D eigenvalue weighted by Gasteiger charge is -2.37. The third kappa shape index (κ3) is 3.62. The Morgan fingerprint density at radius 2 is 1.69 bits per heavy atom. The first kappa shape index (κ1) is 11.6. The van der Waals surface area contributed by atoms with Gasteiger partial charge in [0.1, 0.15) is 0 Å². The third-order valence-electron chi connectivity index (χ3n) is 3.25. The van der Waals surface area contributed by atoms with Crippen LogP contribution in [0.25, 0.3) is 0 Å². The standard InChI is InChI=1S/C14H21N2/c1-15-10-12-16(13-11-15)9-5-8-14-6-3-2-4-7-14/h2-4,6-7H,1,5,8-13H2/q-1. The van der Waals surface area contributed by atoms with Gasteiger partial charge in [-0.25, -0.2) is 0 Å². The van der Waals surface area contributed by atoms with Gasteiger partial charge in [0.15, 0.2) is 0 Å². The highest BCUT2D eigenvalue weighted by molar-refractivity contribution is 5.14. The minimum Gasteiger partial charge on any atom is -0.457 e. The molecule has 1 aliphatic rings. The Morgan fingerprint density at radius 3 is 2.38 bits per heavy atom. The third-order valence-corrected chi connectivity index (χ3v) is 3.25. The van der Waals surface area contributed by atoms with Crippen molar-refractivity contribution in [3.8, 4) is 0 Å². The van der Waals surface area contributed by atoms with E-state index >= 15 is 0 Å². The van der Waals surface area contributed by atoms with Gasteiger partial charge in [-0.05, 0) is 38.0 Å².